The van der Waals surface area contributed by atoms with Crippen molar-refractivity contribution in [3.05, 3.63) is 0 Å². The van der Waals surface area contributed by atoms with Crippen LogP contribution in [0.5, 0.6) is 0 Å². The molecular formula is C13H28N2. The largest absolute Gasteiger partial charge is 0.317 e. The van der Waals surface area contributed by atoms with Gasteiger partial charge in [0.25, 0.3) is 0 Å². The first kappa shape index (κ1) is 13.0. The van der Waals surface area contributed by atoms with Crippen LogP contribution in [-0.4, -0.2) is 37.6 Å². The molecule has 0 aliphatic carbocycles. The Bertz CT molecular complexity index is 141. The van der Waals surface area contributed by atoms with Gasteiger partial charge in [0.1, 0.15) is 0 Å². The molecule has 0 bridgehead atoms. The molecule has 0 aromatic rings. The smallest absolute Gasteiger partial charge is 0.00105 e. The Balaban J connectivity index is 2.13. The second-order valence-corrected chi connectivity index (χ2v) is 4.79. The lowest BCUT2D eigenvalue weighted by molar-refractivity contribution is 0.210. The Morgan fingerprint density at radius 1 is 1.13 bits per heavy atom. The van der Waals surface area contributed by atoms with Crippen molar-refractivity contribution < 1.29 is 0 Å². The topological polar surface area (TPSA) is 15.3 Å². The van der Waals surface area contributed by atoms with Gasteiger partial charge in [-0.3, -0.25) is 0 Å². The molecule has 0 aromatic heterocycles. The third-order valence-corrected chi connectivity index (χ3v) is 3.50. The summed E-state index contributed by atoms with van der Waals surface area (Å²) in [7, 11) is 0. The fourth-order valence-corrected chi connectivity index (χ4v) is 2.39. The molecule has 2 nitrogen and oxygen atoms in total. The van der Waals surface area contributed by atoms with Gasteiger partial charge in [0.2, 0.25) is 0 Å². The first-order valence-electron chi connectivity index (χ1n) is 6.79. The third-order valence-electron chi connectivity index (χ3n) is 3.50. The summed E-state index contributed by atoms with van der Waals surface area (Å²) in [5, 5.41) is 3.44. The Hall–Kier alpha value is -0.0800. The van der Waals surface area contributed by atoms with Gasteiger partial charge < -0.3 is 10.2 Å². The number of nitrogens with zero attached hydrogens (tertiary/aromatic N) is 1. The highest BCUT2D eigenvalue weighted by Gasteiger charge is 2.15. The summed E-state index contributed by atoms with van der Waals surface area (Å²) < 4.78 is 0. The lowest BCUT2D eigenvalue weighted by Crippen LogP contribution is -2.36. The van der Waals surface area contributed by atoms with Crippen LogP contribution in [0.3, 0.4) is 0 Å². The van der Waals surface area contributed by atoms with Gasteiger partial charge in [0.05, 0.1) is 0 Å². The Kier molecular flexibility index (Phi) is 7.03. The van der Waals surface area contributed by atoms with Gasteiger partial charge in [-0.2, -0.15) is 0 Å². The van der Waals surface area contributed by atoms with Gasteiger partial charge in [-0.25, -0.2) is 0 Å². The first-order chi connectivity index (χ1) is 7.36. The van der Waals surface area contributed by atoms with Crippen LogP contribution in [0.25, 0.3) is 0 Å². The zero-order valence-electron chi connectivity index (χ0n) is 10.6. The second kappa shape index (κ2) is 8.12. The van der Waals surface area contributed by atoms with Gasteiger partial charge in [-0.1, -0.05) is 26.7 Å². The molecule has 90 valence electrons. The van der Waals surface area contributed by atoms with E-state index in [4.69, 9.17) is 0 Å². The Labute approximate surface area is 95.4 Å². The van der Waals surface area contributed by atoms with E-state index in [1.165, 1.54) is 64.8 Å². The normalized spacial score (nSPS) is 18.6. The maximum absolute atomic E-state index is 3.44. The second-order valence-electron chi connectivity index (χ2n) is 4.79. The third kappa shape index (κ3) is 5.53. The quantitative estimate of drug-likeness (QED) is 0.652. The van der Waals surface area contributed by atoms with Crippen LogP contribution in [0.2, 0.25) is 0 Å². The molecule has 2 heteroatoms. The van der Waals surface area contributed by atoms with Crippen LogP contribution in [-0.2, 0) is 0 Å². The molecular weight excluding hydrogens is 184 g/mol. The van der Waals surface area contributed by atoms with E-state index in [0.29, 0.717) is 0 Å². The van der Waals surface area contributed by atoms with E-state index in [-0.39, 0.29) is 0 Å². The molecule has 0 unspecified atom stereocenters. The lowest BCUT2D eigenvalue weighted by atomic mass is 9.97. The number of rotatable bonds is 7. The zero-order chi connectivity index (χ0) is 10.9. The lowest BCUT2D eigenvalue weighted by Gasteiger charge is -2.29. The fourth-order valence-electron chi connectivity index (χ4n) is 2.39. The average molecular weight is 212 g/mol. The molecule has 1 rings (SSSR count). The molecule has 0 atom stereocenters. The first-order valence-corrected chi connectivity index (χ1v) is 6.79. The highest BCUT2D eigenvalue weighted by Crippen LogP contribution is 2.13. The maximum Gasteiger partial charge on any atom is 0.00105 e. The van der Waals surface area contributed by atoms with Crippen molar-refractivity contribution >= 4 is 0 Å². The minimum atomic E-state index is 0.952. The zero-order valence-corrected chi connectivity index (χ0v) is 10.6. The molecule has 0 spiro atoms. The summed E-state index contributed by atoms with van der Waals surface area (Å²) in [4.78, 5) is 2.64. The van der Waals surface area contributed by atoms with Crippen LogP contribution >= 0.6 is 0 Å². The monoisotopic (exact) mass is 212 g/mol. The van der Waals surface area contributed by atoms with Crippen molar-refractivity contribution in [3.8, 4) is 0 Å². The van der Waals surface area contributed by atoms with Crippen molar-refractivity contribution in [2.24, 2.45) is 5.92 Å². The molecule has 1 saturated heterocycles. The number of hydrogen-bond donors (Lipinski definition) is 1. The number of unbranched alkanes of at least 4 members (excludes halogenated alkanes) is 2. The van der Waals surface area contributed by atoms with Crippen molar-refractivity contribution in [3.63, 3.8) is 0 Å². The number of nitrogens with one attached hydrogen (secondary N) is 1. The highest BCUT2D eigenvalue weighted by atomic mass is 15.1. The molecule has 0 saturated carbocycles. The van der Waals surface area contributed by atoms with Gasteiger partial charge in [0.15, 0.2) is 0 Å². The SMILES string of the molecule is CCCCCN(CC)CC1CCNCC1. The predicted octanol–water partition coefficient (Wildman–Crippen LogP) is 2.50. The molecule has 1 heterocycles. The van der Waals surface area contributed by atoms with Crippen LogP contribution in [0.15, 0.2) is 0 Å². The standard InChI is InChI=1S/C13H28N2/c1-3-5-6-11-15(4-2)12-13-7-9-14-10-8-13/h13-14H,3-12H2,1-2H3. The van der Waals surface area contributed by atoms with Gasteiger partial charge in [0, 0.05) is 6.54 Å². The van der Waals surface area contributed by atoms with E-state index >= 15 is 0 Å². The molecule has 0 aromatic carbocycles. The van der Waals surface area contributed by atoms with E-state index in [1.54, 1.807) is 0 Å². The van der Waals surface area contributed by atoms with Gasteiger partial charge in [-0.15, -0.1) is 0 Å². The summed E-state index contributed by atoms with van der Waals surface area (Å²) in [5.41, 5.74) is 0. The van der Waals surface area contributed by atoms with Crippen molar-refractivity contribution in [2.75, 3.05) is 32.7 Å². The Morgan fingerprint density at radius 2 is 1.87 bits per heavy atom. The minimum absolute atomic E-state index is 0.952. The molecule has 1 aliphatic heterocycles. The maximum atomic E-state index is 3.44. The molecule has 1 N–H and O–H groups in total. The van der Waals surface area contributed by atoms with Crippen molar-refractivity contribution in [1.82, 2.24) is 10.2 Å². The minimum Gasteiger partial charge on any atom is -0.317 e. The summed E-state index contributed by atoms with van der Waals surface area (Å²) in [6.45, 7) is 10.9. The van der Waals surface area contributed by atoms with E-state index in [9.17, 15) is 0 Å². The van der Waals surface area contributed by atoms with Crippen LogP contribution in [0, 0.1) is 5.92 Å². The van der Waals surface area contributed by atoms with Gasteiger partial charge >= 0.3 is 0 Å². The number of hydrogen-bond acceptors (Lipinski definition) is 2. The molecule has 1 aliphatic rings. The highest BCUT2D eigenvalue weighted by molar-refractivity contribution is 4.72. The average Bonchev–Trinajstić information content (AvgIpc) is 2.29. The Morgan fingerprint density at radius 3 is 2.47 bits per heavy atom. The van der Waals surface area contributed by atoms with Crippen LogP contribution < -0.4 is 5.32 Å². The predicted molar refractivity (Wildman–Crippen MR) is 67.2 cm³/mol. The van der Waals surface area contributed by atoms with E-state index in [1.807, 2.05) is 0 Å². The summed E-state index contributed by atoms with van der Waals surface area (Å²) in [6.07, 6.45) is 6.87. The molecule has 0 amide bonds. The summed E-state index contributed by atoms with van der Waals surface area (Å²) in [5.74, 6) is 0.952. The van der Waals surface area contributed by atoms with Crippen LogP contribution in [0.4, 0.5) is 0 Å². The molecule has 15 heavy (non-hydrogen) atoms. The van der Waals surface area contributed by atoms with Crippen molar-refractivity contribution in [2.45, 2.75) is 46.0 Å². The molecule has 0 radical (unpaired) electrons. The summed E-state index contributed by atoms with van der Waals surface area (Å²) >= 11 is 0. The summed E-state index contributed by atoms with van der Waals surface area (Å²) in [6, 6.07) is 0. The molecule has 1 fully saturated rings. The van der Waals surface area contributed by atoms with E-state index < -0.39 is 0 Å². The van der Waals surface area contributed by atoms with Crippen molar-refractivity contribution in [1.29, 1.82) is 0 Å². The number of piperidine rings is 1. The van der Waals surface area contributed by atoms with E-state index in [2.05, 4.69) is 24.1 Å². The fraction of sp³-hybridized carbons (Fsp3) is 1.00. The van der Waals surface area contributed by atoms with E-state index in [0.717, 1.165) is 5.92 Å². The van der Waals surface area contributed by atoms with Gasteiger partial charge in [-0.05, 0) is 51.4 Å². The van der Waals surface area contributed by atoms with Crippen LogP contribution in [0.1, 0.15) is 46.0 Å².